The van der Waals surface area contributed by atoms with Gasteiger partial charge in [0.2, 0.25) is 21.8 Å². The number of hydrogen-bond donors (Lipinski definition) is 2. The first-order valence-electron chi connectivity index (χ1n) is 8.03. The van der Waals surface area contributed by atoms with Crippen molar-refractivity contribution in [2.75, 3.05) is 17.3 Å². The number of sulfonamides is 1. The average molecular weight is 410 g/mol. The predicted octanol–water partition coefficient (Wildman–Crippen LogP) is 2.63. The Bertz CT molecular complexity index is 928. The van der Waals surface area contributed by atoms with Gasteiger partial charge in [-0.15, -0.1) is 0 Å². The standard InChI is InChI=1S/C18H20ClN3O4S/c1-12(21-27(25,26)17-10-4-14(19)5-11-17)18(24)20-15-6-8-16(9-7-15)22(3)13(2)23/h4-12,21H,1-3H3,(H,20,24)/t12-/m0/s1. The Morgan fingerprint density at radius 1 is 1.04 bits per heavy atom. The van der Waals surface area contributed by atoms with Crippen molar-refractivity contribution in [3.05, 3.63) is 53.6 Å². The molecule has 0 saturated carbocycles. The molecular weight excluding hydrogens is 390 g/mol. The van der Waals surface area contributed by atoms with Gasteiger partial charge < -0.3 is 10.2 Å². The molecule has 9 heteroatoms. The number of nitrogens with one attached hydrogen (secondary N) is 2. The van der Waals surface area contributed by atoms with Gasteiger partial charge >= 0.3 is 0 Å². The lowest BCUT2D eigenvalue weighted by Gasteiger charge is -2.17. The van der Waals surface area contributed by atoms with Crippen LogP contribution in [0.1, 0.15) is 13.8 Å². The molecule has 2 rings (SSSR count). The third kappa shape index (κ3) is 5.53. The number of carbonyl (C=O) groups excluding carboxylic acids is 2. The summed E-state index contributed by atoms with van der Waals surface area (Å²) in [5.41, 5.74) is 1.16. The van der Waals surface area contributed by atoms with E-state index in [2.05, 4.69) is 10.0 Å². The highest BCUT2D eigenvalue weighted by molar-refractivity contribution is 7.89. The molecule has 0 saturated heterocycles. The van der Waals surface area contributed by atoms with Gasteiger partial charge in [0.05, 0.1) is 10.9 Å². The molecule has 2 N–H and O–H groups in total. The normalized spacial score (nSPS) is 12.3. The number of rotatable bonds is 6. The highest BCUT2D eigenvalue weighted by atomic mass is 35.5. The van der Waals surface area contributed by atoms with Crippen LogP contribution in [0.5, 0.6) is 0 Å². The molecule has 1 atom stereocenters. The second-order valence-electron chi connectivity index (χ2n) is 5.91. The molecule has 27 heavy (non-hydrogen) atoms. The molecule has 0 fully saturated rings. The van der Waals surface area contributed by atoms with Gasteiger partial charge in [0.25, 0.3) is 0 Å². The highest BCUT2D eigenvalue weighted by Crippen LogP contribution is 2.18. The number of benzene rings is 2. The van der Waals surface area contributed by atoms with Crippen molar-refractivity contribution >= 4 is 44.8 Å². The smallest absolute Gasteiger partial charge is 0.242 e. The number of nitrogens with zero attached hydrogens (tertiary/aromatic N) is 1. The molecule has 0 heterocycles. The van der Waals surface area contributed by atoms with Crippen LogP contribution in [0.25, 0.3) is 0 Å². The van der Waals surface area contributed by atoms with Crippen LogP contribution in [-0.4, -0.2) is 33.3 Å². The lowest BCUT2D eigenvalue weighted by Crippen LogP contribution is -2.41. The highest BCUT2D eigenvalue weighted by Gasteiger charge is 2.22. The van der Waals surface area contributed by atoms with E-state index in [1.54, 1.807) is 31.3 Å². The van der Waals surface area contributed by atoms with Crippen molar-refractivity contribution in [2.45, 2.75) is 24.8 Å². The third-order valence-corrected chi connectivity index (χ3v) is 5.65. The van der Waals surface area contributed by atoms with Crippen LogP contribution in [-0.2, 0) is 19.6 Å². The van der Waals surface area contributed by atoms with E-state index >= 15 is 0 Å². The summed E-state index contributed by atoms with van der Waals surface area (Å²) < 4.78 is 27.0. The lowest BCUT2D eigenvalue weighted by molar-refractivity contribution is -0.117. The van der Waals surface area contributed by atoms with E-state index in [1.165, 1.54) is 43.0 Å². The molecule has 0 spiro atoms. The molecule has 0 radical (unpaired) electrons. The Morgan fingerprint density at radius 3 is 2.11 bits per heavy atom. The van der Waals surface area contributed by atoms with Gasteiger partial charge in [0, 0.05) is 30.4 Å². The number of halogens is 1. The van der Waals surface area contributed by atoms with Crippen molar-refractivity contribution in [2.24, 2.45) is 0 Å². The van der Waals surface area contributed by atoms with Crippen molar-refractivity contribution in [3.8, 4) is 0 Å². The summed E-state index contributed by atoms with van der Waals surface area (Å²) in [5, 5.41) is 3.05. The zero-order chi connectivity index (χ0) is 20.2. The molecule has 144 valence electrons. The molecule has 7 nitrogen and oxygen atoms in total. The van der Waals surface area contributed by atoms with Crippen molar-refractivity contribution in [3.63, 3.8) is 0 Å². The van der Waals surface area contributed by atoms with Crippen LogP contribution in [0.2, 0.25) is 5.02 Å². The Kier molecular flexibility index (Phi) is 6.59. The lowest BCUT2D eigenvalue weighted by atomic mass is 10.2. The fraction of sp³-hybridized carbons (Fsp3) is 0.222. The molecule has 0 bridgehead atoms. The minimum absolute atomic E-state index is 0.0168. The van der Waals surface area contributed by atoms with Gasteiger partial charge in [-0.25, -0.2) is 8.42 Å². The molecule has 2 aromatic rings. The minimum Gasteiger partial charge on any atom is -0.325 e. The summed E-state index contributed by atoms with van der Waals surface area (Å²) >= 11 is 5.76. The van der Waals surface area contributed by atoms with Gasteiger partial charge in [-0.3, -0.25) is 9.59 Å². The molecular formula is C18H20ClN3O4S. The number of carbonyl (C=O) groups is 2. The summed E-state index contributed by atoms with van der Waals surface area (Å²) in [5.74, 6) is -0.628. The number of hydrogen-bond acceptors (Lipinski definition) is 4. The topological polar surface area (TPSA) is 95.6 Å². The SMILES string of the molecule is CC(=O)N(C)c1ccc(NC(=O)[C@H](C)NS(=O)(=O)c2ccc(Cl)cc2)cc1. The van der Waals surface area contributed by atoms with Gasteiger partial charge in [-0.1, -0.05) is 11.6 Å². The Hall–Kier alpha value is -2.42. The zero-order valence-corrected chi connectivity index (χ0v) is 16.6. The first-order chi connectivity index (χ1) is 12.6. The van der Waals surface area contributed by atoms with E-state index in [0.717, 1.165) is 0 Å². The van der Waals surface area contributed by atoms with Crippen molar-refractivity contribution in [1.29, 1.82) is 0 Å². The van der Waals surface area contributed by atoms with Crippen LogP contribution in [0, 0.1) is 0 Å². The molecule has 0 aliphatic heterocycles. The molecule has 0 aliphatic rings. The van der Waals surface area contributed by atoms with E-state index in [-0.39, 0.29) is 10.8 Å². The fourth-order valence-corrected chi connectivity index (χ4v) is 3.50. The summed E-state index contributed by atoms with van der Waals surface area (Å²) in [4.78, 5) is 25.1. The van der Waals surface area contributed by atoms with E-state index in [0.29, 0.717) is 16.4 Å². The largest absolute Gasteiger partial charge is 0.325 e. The van der Waals surface area contributed by atoms with Gasteiger partial charge in [0.15, 0.2) is 0 Å². The first kappa shape index (κ1) is 20.9. The van der Waals surface area contributed by atoms with E-state index in [1.807, 2.05) is 0 Å². The number of anilines is 2. The first-order valence-corrected chi connectivity index (χ1v) is 9.89. The average Bonchev–Trinajstić information content (AvgIpc) is 2.61. The maximum Gasteiger partial charge on any atom is 0.242 e. The quantitative estimate of drug-likeness (QED) is 0.766. The third-order valence-electron chi connectivity index (χ3n) is 3.84. The Labute approximate surface area is 163 Å². The monoisotopic (exact) mass is 409 g/mol. The zero-order valence-electron chi connectivity index (χ0n) is 15.1. The fourth-order valence-electron chi connectivity index (χ4n) is 2.17. The number of amides is 2. The summed E-state index contributed by atoms with van der Waals surface area (Å²) in [6.45, 7) is 2.89. The summed E-state index contributed by atoms with van der Waals surface area (Å²) in [7, 11) is -2.21. The van der Waals surface area contributed by atoms with Gasteiger partial charge in [-0.05, 0) is 55.5 Å². The van der Waals surface area contributed by atoms with Crippen LogP contribution in [0.15, 0.2) is 53.4 Å². The molecule has 0 aromatic heterocycles. The Balaban J connectivity index is 2.03. The van der Waals surface area contributed by atoms with Crippen LogP contribution in [0.4, 0.5) is 11.4 Å². The van der Waals surface area contributed by atoms with Crippen LogP contribution < -0.4 is 14.9 Å². The maximum absolute atomic E-state index is 12.3. The molecule has 2 amide bonds. The van der Waals surface area contributed by atoms with Gasteiger partial charge in [-0.2, -0.15) is 4.72 Å². The van der Waals surface area contributed by atoms with E-state index < -0.39 is 22.0 Å². The second kappa shape index (κ2) is 8.51. The Morgan fingerprint density at radius 2 is 1.59 bits per heavy atom. The second-order valence-corrected chi connectivity index (χ2v) is 8.06. The van der Waals surface area contributed by atoms with Gasteiger partial charge in [0.1, 0.15) is 0 Å². The van der Waals surface area contributed by atoms with Crippen molar-refractivity contribution < 1.29 is 18.0 Å². The predicted molar refractivity (Wildman–Crippen MR) is 105 cm³/mol. The van der Waals surface area contributed by atoms with E-state index in [9.17, 15) is 18.0 Å². The summed E-state index contributed by atoms with van der Waals surface area (Å²) in [6, 6.07) is 11.3. The van der Waals surface area contributed by atoms with Crippen LogP contribution in [0.3, 0.4) is 0 Å². The summed E-state index contributed by atoms with van der Waals surface area (Å²) in [6.07, 6.45) is 0. The van der Waals surface area contributed by atoms with E-state index in [4.69, 9.17) is 11.6 Å². The van der Waals surface area contributed by atoms with Crippen LogP contribution >= 0.6 is 11.6 Å². The maximum atomic E-state index is 12.3. The molecule has 2 aromatic carbocycles. The van der Waals surface area contributed by atoms with Crippen molar-refractivity contribution in [1.82, 2.24) is 4.72 Å². The molecule has 0 aliphatic carbocycles. The minimum atomic E-state index is -3.85. The molecule has 0 unspecified atom stereocenters.